The third-order valence-electron chi connectivity index (χ3n) is 4.19. The van der Waals surface area contributed by atoms with Gasteiger partial charge >= 0.3 is 6.18 Å². The summed E-state index contributed by atoms with van der Waals surface area (Å²) in [5.41, 5.74) is 0.100. The fourth-order valence-corrected chi connectivity index (χ4v) is 2.75. The number of furan rings is 1. The molecule has 3 aromatic rings. The molecule has 0 aliphatic rings. The van der Waals surface area contributed by atoms with Gasteiger partial charge in [-0.1, -0.05) is 30.3 Å². The van der Waals surface area contributed by atoms with Crippen LogP contribution in [0.1, 0.15) is 21.7 Å². The first-order valence-corrected chi connectivity index (χ1v) is 8.56. The van der Waals surface area contributed by atoms with Crippen molar-refractivity contribution in [1.82, 2.24) is 5.32 Å². The summed E-state index contributed by atoms with van der Waals surface area (Å²) in [4.78, 5) is 12.2. The van der Waals surface area contributed by atoms with Gasteiger partial charge in [-0.15, -0.1) is 0 Å². The third-order valence-corrected chi connectivity index (χ3v) is 4.19. The molecule has 7 heteroatoms. The van der Waals surface area contributed by atoms with Crippen LogP contribution in [0.2, 0.25) is 0 Å². The number of carbonyl (C=O) groups is 1. The van der Waals surface area contributed by atoms with Gasteiger partial charge in [-0.2, -0.15) is 13.2 Å². The highest BCUT2D eigenvalue weighted by molar-refractivity contribution is 5.92. The first-order valence-electron chi connectivity index (χ1n) is 8.56. The Morgan fingerprint density at radius 2 is 1.75 bits per heavy atom. The van der Waals surface area contributed by atoms with Gasteiger partial charge in [-0.25, -0.2) is 0 Å². The van der Waals surface area contributed by atoms with Gasteiger partial charge in [0.15, 0.2) is 5.76 Å². The highest BCUT2D eigenvalue weighted by Crippen LogP contribution is 2.37. The van der Waals surface area contributed by atoms with Gasteiger partial charge in [0, 0.05) is 12.1 Å². The Morgan fingerprint density at radius 1 is 1.04 bits per heavy atom. The largest absolute Gasteiger partial charge is 0.497 e. The van der Waals surface area contributed by atoms with Gasteiger partial charge in [-0.3, -0.25) is 4.79 Å². The summed E-state index contributed by atoms with van der Waals surface area (Å²) in [5, 5.41) is 2.70. The van der Waals surface area contributed by atoms with Crippen molar-refractivity contribution in [2.45, 2.75) is 12.6 Å². The molecule has 1 heterocycles. The fraction of sp³-hybridized carbons (Fsp3) is 0.190. The van der Waals surface area contributed by atoms with Crippen LogP contribution in [0, 0.1) is 0 Å². The molecule has 2 aromatic carbocycles. The van der Waals surface area contributed by atoms with Crippen molar-refractivity contribution in [2.24, 2.45) is 0 Å². The number of hydrogen-bond acceptors (Lipinski definition) is 3. The molecule has 0 aliphatic heterocycles. The van der Waals surface area contributed by atoms with Crippen molar-refractivity contribution in [3.8, 4) is 17.1 Å². The van der Waals surface area contributed by atoms with E-state index in [9.17, 15) is 18.0 Å². The number of benzene rings is 2. The van der Waals surface area contributed by atoms with Gasteiger partial charge in [0.25, 0.3) is 5.91 Å². The first-order chi connectivity index (χ1) is 13.4. The smallest absolute Gasteiger partial charge is 0.417 e. The number of carbonyl (C=O) groups excluding carboxylic acids is 1. The van der Waals surface area contributed by atoms with Gasteiger partial charge < -0.3 is 14.5 Å². The molecule has 1 aromatic heterocycles. The maximum Gasteiger partial charge on any atom is 0.417 e. The molecule has 146 valence electrons. The third kappa shape index (κ3) is 4.54. The zero-order valence-corrected chi connectivity index (χ0v) is 15.0. The molecule has 0 saturated heterocycles. The standard InChI is InChI=1S/C21H18F3NO3/c1-27-15-8-6-14(7-9-15)12-13-25-20(26)19-11-10-18(28-19)16-4-2-3-5-17(16)21(22,23)24/h2-11H,12-13H2,1H3,(H,25,26). The second-order valence-electron chi connectivity index (χ2n) is 6.06. The Balaban J connectivity index is 1.64. The number of hydrogen-bond donors (Lipinski definition) is 1. The molecule has 0 unspecified atom stereocenters. The van der Waals surface area contributed by atoms with E-state index in [0.29, 0.717) is 13.0 Å². The molecule has 4 nitrogen and oxygen atoms in total. The zero-order valence-electron chi connectivity index (χ0n) is 15.0. The van der Waals surface area contributed by atoms with Crippen molar-refractivity contribution in [3.63, 3.8) is 0 Å². The minimum Gasteiger partial charge on any atom is -0.497 e. The molecule has 3 rings (SSSR count). The lowest BCUT2D eigenvalue weighted by molar-refractivity contribution is -0.137. The van der Waals surface area contributed by atoms with Crippen LogP contribution in [-0.4, -0.2) is 19.6 Å². The molecule has 28 heavy (non-hydrogen) atoms. The fourth-order valence-electron chi connectivity index (χ4n) is 2.75. The van der Waals surface area contributed by atoms with E-state index in [1.54, 1.807) is 7.11 Å². The summed E-state index contributed by atoms with van der Waals surface area (Å²) in [6.07, 6.45) is -3.91. The van der Waals surface area contributed by atoms with E-state index in [-0.39, 0.29) is 17.1 Å². The Hall–Kier alpha value is -3.22. The van der Waals surface area contributed by atoms with Crippen LogP contribution in [0.4, 0.5) is 13.2 Å². The summed E-state index contributed by atoms with van der Waals surface area (Å²) in [7, 11) is 1.58. The Labute approximate surface area is 159 Å². The van der Waals surface area contributed by atoms with Crippen LogP contribution in [0.15, 0.2) is 65.1 Å². The normalized spacial score (nSPS) is 11.3. The molecular weight excluding hydrogens is 371 g/mol. The SMILES string of the molecule is COc1ccc(CCNC(=O)c2ccc(-c3ccccc3C(F)(F)F)o2)cc1. The number of ether oxygens (including phenoxy) is 1. The summed E-state index contributed by atoms with van der Waals surface area (Å²) >= 11 is 0. The minimum atomic E-state index is -4.51. The number of halogens is 3. The molecule has 0 bridgehead atoms. The van der Waals surface area contributed by atoms with Crippen LogP contribution in [-0.2, 0) is 12.6 Å². The monoisotopic (exact) mass is 389 g/mol. The van der Waals surface area contributed by atoms with Crippen molar-refractivity contribution >= 4 is 5.91 Å². The average Bonchev–Trinajstić information content (AvgIpc) is 3.18. The lowest BCUT2D eigenvalue weighted by Crippen LogP contribution is -2.25. The molecule has 1 amide bonds. The highest BCUT2D eigenvalue weighted by Gasteiger charge is 2.34. The van der Waals surface area contributed by atoms with Crippen molar-refractivity contribution in [2.75, 3.05) is 13.7 Å². The number of rotatable bonds is 6. The van der Waals surface area contributed by atoms with Crippen molar-refractivity contribution < 1.29 is 27.1 Å². The number of alkyl halides is 3. The summed E-state index contributed by atoms with van der Waals surface area (Å²) in [6.45, 7) is 0.361. The van der Waals surface area contributed by atoms with Crippen LogP contribution in [0.25, 0.3) is 11.3 Å². The maximum atomic E-state index is 13.1. The summed E-state index contributed by atoms with van der Waals surface area (Å²) in [5.74, 6) is 0.217. The lowest BCUT2D eigenvalue weighted by Gasteiger charge is -2.10. The zero-order chi connectivity index (χ0) is 20.1. The van der Waals surface area contributed by atoms with Crippen molar-refractivity contribution in [1.29, 1.82) is 0 Å². The molecule has 1 N–H and O–H groups in total. The number of amides is 1. The predicted molar refractivity (Wildman–Crippen MR) is 98.2 cm³/mol. The second kappa shape index (κ2) is 8.21. The average molecular weight is 389 g/mol. The second-order valence-corrected chi connectivity index (χ2v) is 6.06. The molecule has 0 aliphatic carbocycles. The van der Waals surface area contributed by atoms with E-state index < -0.39 is 17.6 Å². The molecule has 0 atom stereocenters. The number of methoxy groups -OCH3 is 1. The van der Waals surface area contributed by atoms with Gasteiger partial charge in [-0.05, 0) is 42.3 Å². The van der Waals surface area contributed by atoms with Crippen LogP contribution < -0.4 is 10.1 Å². The quantitative estimate of drug-likeness (QED) is 0.649. The Bertz CT molecular complexity index is 946. The van der Waals surface area contributed by atoms with E-state index in [4.69, 9.17) is 9.15 Å². The molecule has 0 radical (unpaired) electrons. The molecular formula is C21H18F3NO3. The topological polar surface area (TPSA) is 51.5 Å². The Morgan fingerprint density at radius 3 is 2.43 bits per heavy atom. The molecule has 0 fully saturated rings. The summed E-state index contributed by atoms with van der Waals surface area (Å²) in [6, 6.07) is 15.3. The highest BCUT2D eigenvalue weighted by atomic mass is 19.4. The van der Waals surface area contributed by atoms with E-state index in [0.717, 1.165) is 17.4 Å². The van der Waals surface area contributed by atoms with E-state index in [2.05, 4.69) is 5.32 Å². The van der Waals surface area contributed by atoms with Gasteiger partial charge in [0.2, 0.25) is 0 Å². The van der Waals surface area contributed by atoms with Crippen molar-refractivity contribution in [3.05, 3.63) is 77.6 Å². The minimum absolute atomic E-state index is 0.00627. The van der Waals surface area contributed by atoms with E-state index in [1.165, 1.54) is 30.3 Å². The van der Waals surface area contributed by atoms with Gasteiger partial charge in [0.1, 0.15) is 11.5 Å². The van der Waals surface area contributed by atoms with Crippen LogP contribution in [0.3, 0.4) is 0 Å². The van der Waals surface area contributed by atoms with Crippen LogP contribution >= 0.6 is 0 Å². The van der Waals surface area contributed by atoms with E-state index >= 15 is 0 Å². The molecule has 0 saturated carbocycles. The lowest BCUT2D eigenvalue weighted by atomic mass is 10.1. The maximum absolute atomic E-state index is 13.1. The predicted octanol–water partition coefficient (Wildman–Crippen LogP) is 4.95. The Kier molecular flexibility index (Phi) is 5.73. The first kappa shape index (κ1) is 19.5. The summed E-state index contributed by atoms with van der Waals surface area (Å²) < 4.78 is 49.9. The molecule has 0 spiro atoms. The van der Waals surface area contributed by atoms with Gasteiger partial charge in [0.05, 0.1) is 12.7 Å². The number of nitrogens with one attached hydrogen (secondary N) is 1. The van der Waals surface area contributed by atoms with E-state index in [1.807, 2.05) is 24.3 Å². The van der Waals surface area contributed by atoms with Crippen LogP contribution in [0.5, 0.6) is 5.75 Å².